The largest absolute Gasteiger partial charge is 2.00 e. The second kappa shape index (κ2) is 68.7. The molecule has 0 aliphatic rings. The predicted molar refractivity (Wildman–Crippen MR) is 71.8 cm³/mol. The van der Waals surface area contributed by atoms with E-state index in [2.05, 4.69) is 20.1 Å². The van der Waals surface area contributed by atoms with Crippen LogP contribution in [0.25, 0.3) is 0 Å². The maximum atomic E-state index is 8.08. The molecule has 3 nitrogen and oxygen atoms in total. The van der Waals surface area contributed by atoms with Crippen LogP contribution in [0.1, 0.15) is 22.2 Å². The molecule has 0 aliphatic carbocycles. The van der Waals surface area contributed by atoms with Gasteiger partial charge in [0.15, 0.2) is 0 Å². The van der Waals surface area contributed by atoms with Crippen molar-refractivity contribution in [3.8, 4) is 0 Å². The fourth-order valence-electron chi connectivity index (χ4n) is 0.0577. The third-order valence-corrected chi connectivity index (χ3v) is 0.570. The summed E-state index contributed by atoms with van der Waals surface area (Å²) in [7, 11) is 0. The van der Waals surface area contributed by atoms with Crippen LogP contribution in [0.2, 0.25) is 0 Å². The summed E-state index contributed by atoms with van der Waals surface area (Å²) in [5.74, 6) is 0.190. The van der Waals surface area contributed by atoms with E-state index in [1.54, 1.807) is 0 Å². The Morgan fingerprint density at radius 2 is 1.59 bits per heavy atom. The molecule has 0 aliphatic heterocycles. The van der Waals surface area contributed by atoms with E-state index in [0.717, 1.165) is 6.61 Å². The van der Waals surface area contributed by atoms with Crippen LogP contribution in [0, 0.1) is 26.9 Å². The van der Waals surface area contributed by atoms with Crippen LogP contribution in [0.5, 0.6) is 0 Å². The van der Waals surface area contributed by atoms with E-state index in [0.29, 0.717) is 6.42 Å². The number of hydrogen-bond donors (Lipinski definition) is 3. The van der Waals surface area contributed by atoms with E-state index < -0.39 is 0 Å². The Morgan fingerprint density at radius 3 is 1.59 bits per heavy atom. The van der Waals surface area contributed by atoms with Gasteiger partial charge in [0.25, 0.3) is 0 Å². The first kappa shape index (κ1) is 52.2. The minimum absolute atomic E-state index is 0. The van der Waals surface area contributed by atoms with Crippen molar-refractivity contribution in [1.82, 2.24) is 0 Å². The topological polar surface area (TPSA) is 60.7 Å². The van der Waals surface area contributed by atoms with Crippen LogP contribution in [0.15, 0.2) is 13.2 Å². The van der Waals surface area contributed by atoms with Crippen molar-refractivity contribution in [2.75, 3.05) is 13.2 Å². The third-order valence-electron chi connectivity index (χ3n) is 0.570. The summed E-state index contributed by atoms with van der Waals surface area (Å²) in [5.41, 5.74) is 0. The standard InChI is InChI=1S/C4H9O.C3H7O2.C2H4.CH4.CH3.B.2V.H2/c1-4(2)3-5;4-2-1-3-5;1-2;;;;;;/h4-5H,1,3H2,2H3;2,4-5H,1,3H2;1-2H2;1H4;1H3;;;;1H/q2*-1;;;-1;;;+2;/i;;;;;;;;1+1. The molecule has 0 bridgehead atoms. The molecule has 0 saturated carbocycles. The quantitative estimate of drug-likeness (QED) is 0.423. The zero-order chi connectivity index (χ0) is 10.4. The van der Waals surface area contributed by atoms with E-state index in [9.17, 15) is 0 Å². The van der Waals surface area contributed by atoms with Gasteiger partial charge in [-0.05, 0) is 0 Å². The maximum Gasteiger partial charge on any atom is 2.00 e. The summed E-state index contributed by atoms with van der Waals surface area (Å²) in [6.45, 7) is 12.5. The van der Waals surface area contributed by atoms with Crippen molar-refractivity contribution in [3.05, 3.63) is 34.1 Å². The van der Waals surface area contributed by atoms with E-state index in [1.165, 1.54) is 0 Å². The summed E-state index contributed by atoms with van der Waals surface area (Å²) in [6.07, 6.45) is 0.375. The van der Waals surface area contributed by atoms with E-state index in [-0.39, 0.29) is 80.9 Å². The second-order valence-corrected chi connectivity index (χ2v) is 1.98. The molecular formula is C11H29BO3V2-. The molecule has 17 heavy (non-hydrogen) atoms. The van der Waals surface area contributed by atoms with Gasteiger partial charge in [0, 0.05) is 41.6 Å². The summed E-state index contributed by atoms with van der Waals surface area (Å²) in [5, 5.41) is 23.7. The summed E-state index contributed by atoms with van der Waals surface area (Å²) in [6, 6.07) is 0. The Morgan fingerprint density at radius 1 is 1.35 bits per heavy atom. The maximum absolute atomic E-state index is 8.08. The molecule has 0 aromatic carbocycles. The molecule has 0 fully saturated rings. The van der Waals surface area contributed by atoms with Gasteiger partial charge in [0.2, 0.25) is 0 Å². The summed E-state index contributed by atoms with van der Waals surface area (Å²) >= 11 is 0. The number of hydrogen-bond acceptors (Lipinski definition) is 3. The third kappa shape index (κ3) is 158. The SMILES string of the molecule is C.C=C.O[CH-]CCO.[2HH].[B].[CH2-]C(C)CO.[CH3-].[V+2].[V]. The second-order valence-electron chi connectivity index (χ2n) is 1.98. The monoisotopic (exact) mass is 323 g/mol. The fraction of sp³-hybridized carbons (Fsp3) is 0.545. The van der Waals surface area contributed by atoms with Crippen molar-refractivity contribution in [3.63, 3.8) is 0 Å². The van der Waals surface area contributed by atoms with Gasteiger partial charge in [-0.25, -0.2) is 6.61 Å². The zero-order valence-electron chi connectivity index (χ0n) is 10.2. The van der Waals surface area contributed by atoms with Gasteiger partial charge in [0.05, 0.1) is 0 Å². The molecular weight excluding hydrogens is 293 g/mol. The van der Waals surface area contributed by atoms with Crippen molar-refractivity contribution in [2.45, 2.75) is 20.8 Å². The molecule has 0 aromatic heterocycles. The van der Waals surface area contributed by atoms with E-state index in [4.69, 9.17) is 15.3 Å². The number of aliphatic hydroxyl groups is 3. The Kier molecular flexibility index (Phi) is 211. The van der Waals surface area contributed by atoms with Crippen molar-refractivity contribution in [2.24, 2.45) is 5.92 Å². The van der Waals surface area contributed by atoms with Crippen molar-refractivity contribution >= 4 is 8.41 Å². The minimum atomic E-state index is 0. The Hall–Kier alpha value is 0.854. The Balaban J connectivity index is -0.00000000872. The fourth-order valence-corrected chi connectivity index (χ4v) is 0.0577. The number of aliphatic hydroxyl groups excluding tert-OH is 3. The zero-order valence-corrected chi connectivity index (χ0v) is 13.0. The average molecular weight is 323 g/mol. The van der Waals surface area contributed by atoms with Crippen molar-refractivity contribution < 1.29 is 53.9 Å². The van der Waals surface area contributed by atoms with Gasteiger partial charge < -0.3 is 29.7 Å². The van der Waals surface area contributed by atoms with Gasteiger partial charge in [-0.1, -0.05) is 14.4 Å². The Bertz CT molecular complexity index is 74.3. The average Bonchev–Trinajstić information content (AvgIpc) is 2.10. The molecule has 0 amide bonds. The minimum Gasteiger partial charge on any atom is -0.566 e. The molecule has 0 aromatic rings. The number of rotatable bonds is 3. The molecule has 3 N–H and O–H groups in total. The first-order valence-electron chi connectivity index (χ1n) is 3.69. The molecule has 0 saturated heterocycles. The summed E-state index contributed by atoms with van der Waals surface area (Å²) < 4.78 is 0. The van der Waals surface area contributed by atoms with Crippen LogP contribution in [0.3, 0.4) is 0 Å². The normalized spacial score (nSPS) is 7.12. The van der Waals surface area contributed by atoms with Crippen LogP contribution in [0.4, 0.5) is 0 Å². The van der Waals surface area contributed by atoms with E-state index >= 15 is 0 Å². The first-order valence-corrected chi connectivity index (χ1v) is 3.69. The van der Waals surface area contributed by atoms with Gasteiger partial charge in [-0.15, -0.1) is 25.5 Å². The Labute approximate surface area is 136 Å². The van der Waals surface area contributed by atoms with Crippen LogP contribution < -0.4 is 0 Å². The van der Waals surface area contributed by atoms with Crippen LogP contribution >= 0.6 is 0 Å². The molecule has 0 spiro atoms. The first-order chi connectivity index (χ1) is 5.68. The summed E-state index contributed by atoms with van der Waals surface area (Å²) in [4.78, 5) is 0. The van der Waals surface area contributed by atoms with Gasteiger partial charge in [-0.3, -0.25) is 0 Å². The van der Waals surface area contributed by atoms with Gasteiger partial charge >= 0.3 is 18.6 Å². The molecule has 5 radical (unpaired) electrons. The molecule has 105 valence electrons. The van der Waals surface area contributed by atoms with E-state index in [1.807, 2.05) is 6.92 Å². The van der Waals surface area contributed by atoms with Gasteiger partial charge in [-0.2, -0.15) is 0 Å². The molecule has 1 unspecified atom stereocenters. The molecule has 0 heterocycles. The molecule has 6 heteroatoms. The smallest absolute Gasteiger partial charge is 0.566 e. The molecule has 1 atom stereocenters. The van der Waals surface area contributed by atoms with Crippen LogP contribution in [-0.4, -0.2) is 36.9 Å². The van der Waals surface area contributed by atoms with Gasteiger partial charge in [0.1, 0.15) is 0 Å². The van der Waals surface area contributed by atoms with Crippen LogP contribution in [-0.2, 0) is 37.1 Å². The van der Waals surface area contributed by atoms with Crippen molar-refractivity contribution in [1.29, 1.82) is 0 Å². The predicted octanol–water partition coefficient (Wildman–Crippen LogP) is 2.10. The molecule has 0 rings (SSSR count).